The van der Waals surface area contributed by atoms with Crippen LogP contribution in [0.15, 0.2) is 24.0 Å². The smallest absolute Gasteiger partial charge is 0.477 e. The minimum atomic E-state index is -1.54. The molecule has 2 aliphatic carbocycles. The number of rotatable bonds is 11. The molecule has 2 aliphatic heterocycles. The summed E-state index contributed by atoms with van der Waals surface area (Å²) in [7, 11) is 1.96. The Morgan fingerprint density at radius 1 is 1.10 bits per heavy atom. The maximum Gasteiger partial charge on any atom is 0.514 e. The molecule has 14 nitrogen and oxygen atoms in total. The van der Waals surface area contributed by atoms with Crippen molar-refractivity contribution in [1.29, 1.82) is 0 Å². The molecule has 1 spiro atoms. The van der Waals surface area contributed by atoms with Gasteiger partial charge in [0.05, 0.1) is 24.0 Å². The average molecular weight is 688 g/mol. The fourth-order valence-electron chi connectivity index (χ4n) is 7.30. The zero-order chi connectivity index (χ0) is 35.9. The highest BCUT2D eigenvalue weighted by molar-refractivity contribution is 5.86. The number of carbonyl (C=O) groups is 5. The summed E-state index contributed by atoms with van der Waals surface area (Å²) in [6, 6.07) is 3.22. The van der Waals surface area contributed by atoms with Crippen LogP contribution in [0.2, 0.25) is 0 Å². The van der Waals surface area contributed by atoms with Crippen molar-refractivity contribution in [2.45, 2.75) is 121 Å². The number of carbonyl (C=O) groups excluding carboxylic acids is 5. The number of unbranched alkanes of at least 4 members (excludes halogenated alkanes) is 1. The van der Waals surface area contributed by atoms with Crippen LogP contribution in [0.3, 0.4) is 0 Å². The van der Waals surface area contributed by atoms with Gasteiger partial charge in [-0.05, 0) is 78.3 Å². The van der Waals surface area contributed by atoms with Gasteiger partial charge in [-0.3, -0.25) is 9.59 Å². The number of nitrogens with zero attached hydrogens (tertiary/aromatic N) is 1. The summed E-state index contributed by atoms with van der Waals surface area (Å²) in [6.07, 6.45) is -1.46. The highest BCUT2D eigenvalue weighted by Crippen LogP contribution is 2.65. The molecule has 49 heavy (non-hydrogen) atoms. The van der Waals surface area contributed by atoms with Gasteiger partial charge in [0.25, 0.3) is 0 Å². The van der Waals surface area contributed by atoms with E-state index in [1.165, 1.54) is 6.92 Å². The molecule has 2 bridgehead atoms. The molecule has 2 heterocycles. The van der Waals surface area contributed by atoms with Crippen LogP contribution in [0.4, 0.5) is 4.79 Å². The van der Waals surface area contributed by atoms with Gasteiger partial charge in [0.2, 0.25) is 6.10 Å². The summed E-state index contributed by atoms with van der Waals surface area (Å²) in [6.45, 7) is 10.2. The van der Waals surface area contributed by atoms with Crippen molar-refractivity contribution in [2.24, 2.45) is 0 Å². The van der Waals surface area contributed by atoms with Crippen LogP contribution in [0.25, 0.3) is 0 Å². The Bertz CT molecular complexity index is 1550. The number of likely N-dealkylation sites (tertiary alicyclic amines) is 1. The molecule has 6 atom stereocenters. The van der Waals surface area contributed by atoms with E-state index >= 15 is 0 Å². The van der Waals surface area contributed by atoms with Crippen LogP contribution in [-0.4, -0.2) is 95.8 Å². The minimum absolute atomic E-state index is 0.0941. The van der Waals surface area contributed by atoms with Gasteiger partial charge >= 0.3 is 30.0 Å². The number of aliphatic hydroxyl groups is 1. The molecule has 5 rings (SSSR count). The van der Waals surface area contributed by atoms with Gasteiger partial charge in [0.1, 0.15) is 11.4 Å². The van der Waals surface area contributed by atoms with E-state index in [1.807, 2.05) is 20.0 Å². The molecule has 1 fully saturated rings. The predicted octanol–water partition coefficient (Wildman–Crippen LogP) is 3.42. The number of ether oxygens (including phenoxy) is 7. The lowest BCUT2D eigenvalue weighted by Crippen LogP contribution is -2.74. The van der Waals surface area contributed by atoms with Crippen LogP contribution in [0.1, 0.15) is 84.8 Å². The minimum Gasteiger partial charge on any atom is -0.477 e. The van der Waals surface area contributed by atoms with E-state index in [0.29, 0.717) is 31.4 Å². The maximum atomic E-state index is 13.4. The molecule has 0 amide bonds. The molecule has 0 radical (unpaired) electrons. The third-order valence-electron chi connectivity index (χ3n) is 9.44. The third kappa shape index (κ3) is 6.85. The summed E-state index contributed by atoms with van der Waals surface area (Å²) in [4.78, 5) is 64.9. The highest BCUT2D eigenvalue weighted by atomic mass is 16.7. The predicted molar refractivity (Wildman–Crippen MR) is 169 cm³/mol. The molecular weight excluding hydrogens is 642 g/mol. The number of piperidine rings is 1. The van der Waals surface area contributed by atoms with Crippen LogP contribution in [0.5, 0.6) is 11.5 Å². The number of esters is 4. The fraction of sp³-hybridized carbons (Fsp3) is 0.629. The van der Waals surface area contributed by atoms with Crippen LogP contribution in [-0.2, 0) is 54.7 Å². The van der Waals surface area contributed by atoms with E-state index in [1.54, 1.807) is 32.9 Å². The summed E-state index contributed by atoms with van der Waals surface area (Å²) in [5.74, 6) is -3.11. The highest BCUT2D eigenvalue weighted by Gasteiger charge is 2.72. The van der Waals surface area contributed by atoms with Crippen LogP contribution >= 0.6 is 0 Å². The van der Waals surface area contributed by atoms with Gasteiger partial charge in [-0.25, -0.2) is 14.4 Å². The number of hydrogen-bond donors (Lipinski definition) is 1. The Kier molecular flexibility index (Phi) is 10.0. The first-order valence-electron chi connectivity index (χ1n) is 16.6. The SMILES string of the molecule is CCCCOC(=O)[C@H](CC(=O)O[C@@H](C)C(=O)OC1=CC[C@@]2(O)[C@H]3Cc4ccc(OC(=O)OC(C)(C)C)c5c4[C@@]2(CCN3C)[C@H]1O5)OC(C)=O. The van der Waals surface area contributed by atoms with Gasteiger partial charge in [-0.1, -0.05) is 19.4 Å². The molecular formula is C35H45NO13. The van der Waals surface area contributed by atoms with Crippen molar-refractivity contribution >= 4 is 30.0 Å². The Labute approximate surface area is 284 Å². The first kappa shape index (κ1) is 36.1. The maximum absolute atomic E-state index is 13.4. The van der Waals surface area contributed by atoms with Crippen LogP contribution in [0, 0.1) is 0 Å². The monoisotopic (exact) mass is 687 g/mol. The number of likely N-dealkylation sites (N-methyl/N-ethyl adjacent to an activating group) is 1. The molecule has 0 saturated carbocycles. The molecule has 1 aromatic rings. The molecule has 4 aliphatic rings. The lowest BCUT2D eigenvalue weighted by atomic mass is 9.50. The second-order valence-corrected chi connectivity index (χ2v) is 14.0. The van der Waals surface area contributed by atoms with E-state index in [2.05, 4.69) is 4.90 Å². The molecule has 1 N–H and O–H groups in total. The zero-order valence-electron chi connectivity index (χ0n) is 29.0. The van der Waals surface area contributed by atoms with E-state index in [-0.39, 0.29) is 36.3 Å². The molecule has 268 valence electrons. The zero-order valence-corrected chi connectivity index (χ0v) is 29.0. The largest absolute Gasteiger partial charge is 0.514 e. The van der Waals surface area contributed by atoms with E-state index in [9.17, 15) is 29.1 Å². The van der Waals surface area contributed by atoms with Crippen molar-refractivity contribution in [3.05, 3.63) is 35.1 Å². The van der Waals surface area contributed by atoms with Crippen molar-refractivity contribution in [2.75, 3.05) is 20.2 Å². The van der Waals surface area contributed by atoms with Gasteiger partial charge in [-0.15, -0.1) is 0 Å². The molecule has 0 unspecified atom stereocenters. The molecule has 14 heteroatoms. The lowest BCUT2D eigenvalue weighted by Gasteiger charge is -2.61. The fourth-order valence-corrected chi connectivity index (χ4v) is 7.30. The topological polar surface area (TPSA) is 173 Å². The normalized spacial score (nSPS) is 26.2. The number of benzene rings is 1. The summed E-state index contributed by atoms with van der Waals surface area (Å²) in [5, 5.41) is 12.5. The van der Waals surface area contributed by atoms with E-state index in [0.717, 1.165) is 18.9 Å². The van der Waals surface area contributed by atoms with E-state index < -0.39 is 71.4 Å². The lowest BCUT2D eigenvalue weighted by molar-refractivity contribution is -0.178. The summed E-state index contributed by atoms with van der Waals surface area (Å²) in [5.41, 5.74) is -1.53. The quantitative estimate of drug-likeness (QED) is 0.155. The summed E-state index contributed by atoms with van der Waals surface area (Å²) >= 11 is 0. The Hall–Kier alpha value is -4.17. The van der Waals surface area contributed by atoms with Gasteiger partial charge in [0.15, 0.2) is 23.7 Å². The van der Waals surface area contributed by atoms with Crippen molar-refractivity contribution in [3.8, 4) is 11.5 Å². The standard InChI is InChI=1S/C35H45NO13/c1-8-9-16-43-31(40)24(45-20(3)37)18-26(38)44-19(2)30(39)46-23-12-13-35(42)25-17-21-10-11-22(47-32(41)49-33(4,5)6)28-27(21)34(35,29(23)48-28)14-15-36(25)7/h10-12,19,24-25,29,42H,8-9,13-18H2,1-7H3/t19-,24-,25+,29-,34-,35+/m0/s1. The van der Waals surface area contributed by atoms with Gasteiger partial charge < -0.3 is 43.2 Å². The average Bonchev–Trinajstić information content (AvgIpc) is 3.36. The van der Waals surface area contributed by atoms with E-state index in [4.69, 9.17) is 33.2 Å². The van der Waals surface area contributed by atoms with Crippen molar-refractivity contribution in [3.63, 3.8) is 0 Å². The van der Waals surface area contributed by atoms with Crippen molar-refractivity contribution in [1.82, 2.24) is 4.90 Å². The third-order valence-corrected chi connectivity index (χ3v) is 9.44. The molecule has 1 saturated heterocycles. The first-order valence-corrected chi connectivity index (χ1v) is 16.6. The second kappa shape index (κ2) is 13.6. The Balaban J connectivity index is 1.36. The van der Waals surface area contributed by atoms with Gasteiger partial charge in [0, 0.05) is 24.9 Å². The first-order chi connectivity index (χ1) is 23.0. The Morgan fingerprint density at radius 2 is 1.84 bits per heavy atom. The Morgan fingerprint density at radius 3 is 2.51 bits per heavy atom. The molecule has 1 aromatic carbocycles. The number of hydrogen-bond acceptors (Lipinski definition) is 14. The van der Waals surface area contributed by atoms with Crippen molar-refractivity contribution < 1.29 is 62.2 Å². The second-order valence-electron chi connectivity index (χ2n) is 14.0. The molecule has 0 aromatic heterocycles. The summed E-state index contributed by atoms with van der Waals surface area (Å²) < 4.78 is 38.6. The van der Waals surface area contributed by atoms with Crippen LogP contribution < -0.4 is 9.47 Å². The van der Waals surface area contributed by atoms with Gasteiger partial charge in [-0.2, -0.15) is 0 Å².